The number of aliphatic hydroxyl groups is 1. The first-order valence-corrected chi connectivity index (χ1v) is 6.49. The Kier molecular flexibility index (Phi) is 6.78. The summed E-state index contributed by atoms with van der Waals surface area (Å²) in [5.41, 5.74) is 0. The van der Waals surface area contributed by atoms with E-state index in [9.17, 15) is 14.4 Å². The number of carbonyl (C=O) groups is 3. The fraction of sp³-hybridized carbons (Fsp3) is 0.750. The molecule has 0 saturated carbocycles. The highest BCUT2D eigenvalue weighted by atomic mass is 16.5. The van der Waals surface area contributed by atoms with Crippen LogP contribution in [0, 0.1) is 0 Å². The van der Waals surface area contributed by atoms with E-state index in [-0.39, 0.29) is 25.7 Å². The minimum Gasteiger partial charge on any atom is -0.467 e. The van der Waals surface area contributed by atoms with Crippen LogP contribution in [0.4, 0.5) is 4.79 Å². The summed E-state index contributed by atoms with van der Waals surface area (Å²) in [6.07, 6.45) is 0.921. The van der Waals surface area contributed by atoms with E-state index in [1.54, 1.807) is 0 Å². The van der Waals surface area contributed by atoms with Crippen molar-refractivity contribution in [3.63, 3.8) is 0 Å². The monoisotopic (exact) mass is 288 g/mol. The molecule has 0 aromatic carbocycles. The van der Waals surface area contributed by atoms with Gasteiger partial charge in [-0.25, -0.2) is 9.59 Å². The third kappa shape index (κ3) is 4.69. The molecule has 0 spiro atoms. The normalized spacial score (nSPS) is 17.7. The Balaban J connectivity index is 2.34. The van der Waals surface area contributed by atoms with Gasteiger partial charge in [0.1, 0.15) is 12.6 Å². The molecule has 2 amide bonds. The van der Waals surface area contributed by atoms with Gasteiger partial charge in [0.05, 0.1) is 13.7 Å². The number of nitrogens with zero attached hydrogens (tertiary/aromatic N) is 1. The van der Waals surface area contributed by atoms with Crippen molar-refractivity contribution in [1.82, 2.24) is 10.2 Å². The van der Waals surface area contributed by atoms with Gasteiger partial charge in [0.25, 0.3) is 0 Å². The van der Waals surface area contributed by atoms with Crippen LogP contribution in [-0.4, -0.2) is 67.4 Å². The van der Waals surface area contributed by atoms with E-state index in [4.69, 9.17) is 9.84 Å². The molecule has 1 aliphatic heterocycles. The minimum atomic E-state index is -0.722. The van der Waals surface area contributed by atoms with Gasteiger partial charge in [0.2, 0.25) is 5.91 Å². The summed E-state index contributed by atoms with van der Waals surface area (Å²) in [5, 5.41) is 10.8. The number of likely N-dealkylation sites (tertiary alicyclic amines) is 1. The van der Waals surface area contributed by atoms with Gasteiger partial charge in [-0.15, -0.1) is 0 Å². The maximum atomic E-state index is 11.9. The van der Waals surface area contributed by atoms with E-state index in [1.165, 1.54) is 12.0 Å². The molecule has 0 bridgehead atoms. The molecule has 0 radical (unpaired) electrons. The molecule has 0 aliphatic carbocycles. The Morgan fingerprint density at radius 1 is 1.40 bits per heavy atom. The first-order chi connectivity index (χ1) is 9.60. The predicted molar refractivity (Wildman–Crippen MR) is 67.8 cm³/mol. The van der Waals surface area contributed by atoms with Crippen LogP contribution in [0.25, 0.3) is 0 Å². The number of methoxy groups -OCH3 is 1. The van der Waals surface area contributed by atoms with Crippen molar-refractivity contribution in [2.24, 2.45) is 0 Å². The summed E-state index contributed by atoms with van der Waals surface area (Å²) in [7, 11) is 1.28. The Hall–Kier alpha value is -1.83. The number of esters is 1. The van der Waals surface area contributed by atoms with E-state index in [0.29, 0.717) is 19.4 Å². The van der Waals surface area contributed by atoms with Gasteiger partial charge in [0.15, 0.2) is 0 Å². The quantitative estimate of drug-likeness (QED) is 0.492. The van der Waals surface area contributed by atoms with Crippen LogP contribution in [0.5, 0.6) is 0 Å². The van der Waals surface area contributed by atoms with E-state index in [1.807, 2.05) is 0 Å². The second kappa shape index (κ2) is 8.36. The molecule has 1 rings (SSSR count). The molecule has 8 heteroatoms. The molecule has 1 saturated heterocycles. The van der Waals surface area contributed by atoms with E-state index >= 15 is 0 Å². The minimum absolute atomic E-state index is 0.0687. The molecule has 1 atom stereocenters. The number of amides is 2. The predicted octanol–water partition coefficient (Wildman–Crippen LogP) is -0.741. The second-order valence-electron chi connectivity index (χ2n) is 4.33. The van der Waals surface area contributed by atoms with Crippen LogP contribution >= 0.6 is 0 Å². The molecule has 1 aliphatic rings. The summed E-state index contributed by atoms with van der Waals surface area (Å²) in [6.45, 7) is 0.261. The Labute approximate surface area is 117 Å². The zero-order chi connectivity index (χ0) is 15.0. The third-order valence-electron chi connectivity index (χ3n) is 2.97. The number of hydrogen-bond donors (Lipinski definition) is 2. The van der Waals surface area contributed by atoms with Crippen LogP contribution in [0.2, 0.25) is 0 Å². The number of nitrogens with one attached hydrogen (secondary N) is 1. The summed E-state index contributed by atoms with van der Waals surface area (Å²) in [4.78, 5) is 36.0. The van der Waals surface area contributed by atoms with Crippen LogP contribution in [0.1, 0.15) is 19.3 Å². The molecule has 114 valence electrons. The highest BCUT2D eigenvalue weighted by Gasteiger charge is 2.34. The molecule has 1 unspecified atom stereocenters. The first-order valence-electron chi connectivity index (χ1n) is 6.49. The van der Waals surface area contributed by atoms with Gasteiger partial charge in [-0.3, -0.25) is 4.79 Å². The van der Waals surface area contributed by atoms with Gasteiger partial charge >= 0.3 is 12.1 Å². The fourth-order valence-corrected chi connectivity index (χ4v) is 1.98. The van der Waals surface area contributed by atoms with Crippen molar-refractivity contribution >= 4 is 18.0 Å². The lowest BCUT2D eigenvalue weighted by Crippen LogP contribution is -2.46. The van der Waals surface area contributed by atoms with Crippen molar-refractivity contribution in [3.05, 3.63) is 0 Å². The van der Waals surface area contributed by atoms with Crippen molar-refractivity contribution < 1.29 is 29.0 Å². The van der Waals surface area contributed by atoms with Crippen molar-refractivity contribution in [2.45, 2.75) is 25.3 Å². The maximum Gasteiger partial charge on any atom is 0.407 e. The number of aliphatic hydroxyl groups excluding tert-OH is 1. The second-order valence-corrected chi connectivity index (χ2v) is 4.33. The zero-order valence-corrected chi connectivity index (χ0v) is 11.5. The van der Waals surface area contributed by atoms with Gasteiger partial charge in [-0.1, -0.05) is 0 Å². The molecule has 1 heterocycles. The molecule has 2 N–H and O–H groups in total. The van der Waals surface area contributed by atoms with Crippen molar-refractivity contribution in [1.29, 1.82) is 0 Å². The standard InChI is InChI=1S/C12H20N2O6/c1-19-11(17)9-4-2-5-14(9)10(16)8-13-12(18)20-7-3-6-15/h9,15H,2-8H2,1H3,(H,13,18). The lowest BCUT2D eigenvalue weighted by molar-refractivity contribution is -0.150. The summed E-state index contributed by atoms with van der Waals surface area (Å²) in [5.74, 6) is -0.793. The van der Waals surface area contributed by atoms with Gasteiger partial charge in [-0.05, 0) is 12.8 Å². The van der Waals surface area contributed by atoms with Crippen molar-refractivity contribution in [3.8, 4) is 0 Å². The van der Waals surface area contributed by atoms with Crippen LogP contribution in [0.15, 0.2) is 0 Å². The van der Waals surface area contributed by atoms with Gasteiger partial charge in [-0.2, -0.15) is 0 Å². The fourth-order valence-electron chi connectivity index (χ4n) is 1.98. The lowest BCUT2D eigenvalue weighted by Gasteiger charge is -2.22. The lowest BCUT2D eigenvalue weighted by atomic mass is 10.2. The Bertz CT molecular complexity index is 360. The number of hydrogen-bond acceptors (Lipinski definition) is 6. The zero-order valence-electron chi connectivity index (χ0n) is 11.5. The molecule has 0 aromatic rings. The Morgan fingerprint density at radius 3 is 2.80 bits per heavy atom. The average Bonchev–Trinajstić information content (AvgIpc) is 2.93. The third-order valence-corrected chi connectivity index (χ3v) is 2.97. The highest BCUT2D eigenvalue weighted by Crippen LogP contribution is 2.18. The van der Waals surface area contributed by atoms with Crippen LogP contribution in [-0.2, 0) is 19.1 Å². The first kappa shape index (κ1) is 16.2. The van der Waals surface area contributed by atoms with Gasteiger partial charge in [0, 0.05) is 19.6 Å². The number of rotatable bonds is 6. The summed E-state index contributed by atoms with van der Waals surface area (Å²) < 4.78 is 9.36. The van der Waals surface area contributed by atoms with Crippen LogP contribution < -0.4 is 5.32 Å². The topological polar surface area (TPSA) is 105 Å². The molecule has 0 aromatic heterocycles. The molecular weight excluding hydrogens is 268 g/mol. The molecule has 20 heavy (non-hydrogen) atoms. The number of ether oxygens (including phenoxy) is 2. The smallest absolute Gasteiger partial charge is 0.407 e. The number of alkyl carbamates (subject to hydrolysis) is 1. The number of carbonyl (C=O) groups excluding carboxylic acids is 3. The van der Waals surface area contributed by atoms with Crippen LogP contribution in [0.3, 0.4) is 0 Å². The average molecular weight is 288 g/mol. The molecular formula is C12H20N2O6. The SMILES string of the molecule is COC(=O)C1CCCN1C(=O)CNC(=O)OCCCO. The largest absolute Gasteiger partial charge is 0.467 e. The van der Waals surface area contributed by atoms with Crippen molar-refractivity contribution in [2.75, 3.05) is 33.4 Å². The molecule has 8 nitrogen and oxygen atoms in total. The Morgan fingerprint density at radius 2 is 2.15 bits per heavy atom. The van der Waals surface area contributed by atoms with E-state index in [2.05, 4.69) is 10.1 Å². The summed E-state index contributed by atoms with van der Waals surface area (Å²) >= 11 is 0. The molecule has 1 fully saturated rings. The van der Waals surface area contributed by atoms with E-state index in [0.717, 1.165) is 6.42 Å². The maximum absolute atomic E-state index is 11.9. The summed E-state index contributed by atoms with van der Waals surface area (Å²) in [6, 6.07) is -0.570. The highest BCUT2D eigenvalue weighted by molar-refractivity contribution is 5.87. The van der Waals surface area contributed by atoms with E-state index < -0.39 is 18.1 Å². The van der Waals surface area contributed by atoms with Gasteiger partial charge < -0.3 is 24.8 Å².